The molecule has 148 valence electrons. The zero-order valence-electron chi connectivity index (χ0n) is 16.6. The summed E-state index contributed by atoms with van der Waals surface area (Å²) in [6, 6.07) is 18.4. The van der Waals surface area contributed by atoms with Crippen molar-refractivity contribution in [3.63, 3.8) is 0 Å². The van der Waals surface area contributed by atoms with Gasteiger partial charge in [-0.3, -0.25) is 9.69 Å². The molecule has 0 fully saturated rings. The molecule has 0 bridgehead atoms. The van der Waals surface area contributed by atoms with Crippen molar-refractivity contribution in [3.05, 3.63) is 54.6 Å². The van der Waals surface area contributed by atoms with Crippen LogP contribution in [0.5, 0.6) is 0 Å². The maximum absolute atomic E-state index is 13.1. The number of thioether (sulfide) groups is 1. The second-order valence-corrected chi connectivity index (χ2v) is 8.81. The summed E-state index contributed by atoms with van der Waals surface area (Å²) in [5, 5.41) is 0.822. The summed E-state index contributed by atoms with van der Waals surface area (Å²) in [6.45, 7) is 8.19. The van der Waals surface area contributed by atoms with Gasteiger partial charge in [-0.25, -0.2) is 4.98 Å². The number of quaternary nitrogens is 1. The molecule has 0 aliphatic rings. The maximum Gasteiger partial charge on any atom is 0.229 e. The first-order chi connectivity index (χ1) is 13.7. The average molecular weight is 415 g/mol. The third kappa shape index (κ3) is 5.56. The number of likely N-dealkylation sites (N-methyl/N-ethyl adjacent to an activating group) is 1. The van der Waals surface area contributed by atoms with Crippen LogP contribution >= 0.6 is 23.1 Å². The highest BCUT2D eigenvalue weighted by Gasteiger charge is 2.21. The molecule has 0 spiro atoms. The van der Waals surface area contributed by atoms with Crippen molar-refractivity contribution in [3.8, 4) is 0 Å². The fourth-order valence-corrected chi connectivity index (χ4v) is 4.95. The Morgan fingerprint density at radius 2 is 1.79 bits per heavy atom. The van der Waals surface area contributed by atoms with Crippen LogP contribution in [-0.4, -0.2) is 42.8 Å². The Bertz CT molecular complexity index is 845. The van der Waals surface area contributed by atoms with Crippen LogP contribution in [0, 0.1) is 0 Å². The minimum absolute atomic E-state index is 0.161. The molecule has 1 aromatic heterocycles. The lowest BCUT2D eigenvalue weighted by Crippen LogP contribution is -3.12. The Hall–Kier alpha value is -1.89. The number of hydrogen-bond acceptors (Lipinski definition) is 4. The lowest BCUT2D eigenvalue weighted by molar-refractivity contribution is -0.894. The van der Waals surface area contributed by atoms with Crippen molar-refractivity contribution in [2.45, 2.75) is 25.2 Å². The van der Waals surface area contributed by atoms with Crippen molar-refractivity contribution in [1.29, 1.82) is 0 Å². The molecular formula is C22H28N3OS2+. The van der Waals surface area contributed by atoms with Crippen molar-refractivity contribution in [2.24, 2.45) is 0 Å². The van der Waals surface area contributed by atoms with Gasteiger partial charge in [-0.15, -0.1) is 11.8 Å². The number of nitrogens with one attached hydrogen (secondary N) is 1. The van der Waals surface area contributed by atoms with Crippen LogP contribution in [0.3, 0.4) is 0 Å². The van der Waals surface area contributed by atoms with Gasteiger partial charge < -0.3 is 4.90 Å². The van der Waals surface area contributed by atoms with Crippen molar-refractivity contribution in [2.75, 3.05) is 36.8 Å². The van der Waals surface area contributed by atoms with Gasteiger partial charge in [0, 0.05) is 17.1 Å². The third-order valence-electron chi connectivity index (χ3n) is 4.83. The summed E-state index contributed by atoms with van der Waals surface area (Å²) in [4.78, 5) is 22.4. The van der Waals surface area contributed by atoms with Gasteiger partial charge >= 0.3 is 0 Å². The van der Waals surface area contributed by atoms with Crippen LogP contribution in [0.1, 0.15) is 20.3 Å². The van der Waals surface area contributed by atoms with Crippen LogP contribution in [0.2, 0.25) is 0 Å². The molecule has 6 heteroatoms. The molecule has 4 nitrogen and oxygen atoms in total. The van der Waals surface area contributed by atoms with Crippen LogP contribution in [0.4, 0.5) is 5.13 Å². The minimum atomic E-state index is 0.161. The summed E-state index contributed by atoms with van der Waals surface area (Å²) in [5.74, 6) is 0.941. The third-order valence-corrected chi connectivity index (χ3v) is 6.90. The van der Waals surface area contributed by atoms with E-state index in [4.69, 9.17) is 4.98 Å². The summed E-state index contributed by atoms with van der Waals surface area (Å²) < 4.78 is 1.13. The zero-order chi connectivity index (χ0) is 19.8. The highest BCUT2D eigenvalue weighted by Crippen LogP contribution is 2.29. The minimum Gasteiger partial charge on any atom is -0.334 e. The lowest BCUT2D eigenvalue weighted by atomic mass is 10.3. The molecule has 0 aliphatic heterocycles. The van der Waals surface area contributed by atoms with Gasteiger partial charge in [-0.1, -0.05) is 41.7 Å². The summed E-state index contributed by atoms with van der Waals surface area (Å²) in [6.07, 6.45) is 0.517. The number of carbonyl (C=O) groups is 1. The van der Waals surface area contributed by atoms with Gasteiger partial charge in [0.05, 0.1) is 36.4 Å². The smallest absolute Gasteiger partial charge is 0.229 e. The Labute approximate surface area is 175 Å². The quantitative estimate of drug-likeness (QED) is 0.514. The van der Waals surface area contributed by atoms with E-state index in [0.29, 0.717) is 13.0 Å². The average Bonchev–Trinajstić information content (AvgIpc) is 3.15. The highest BCUT2D eigenvalue weighted by molar-refractivity contribution is 7.99. The highest BCUT2D eigenvalue weighted by atomic mass is 32.2. The van der Waals surface area contributed by atoms with E-state index in [1.807, 2.05) is 41.3 Å². The number of rotatable bonds is 10. The van der Waals surface area contributed by atoms with Gasteiger partial charge in [0.1, 0.15) is 0 Å². The second kappa shape index (κ2) is 10.6. The lowest BCUT2D eigenvalue weighted by Gasteiger charge is -2.23. The van der Waals surface area contributed by atoms with Crippen LogP contribution in [0.25, 0.3) is 10.2 Å². The monoisotopic (exact) mass is 414 g/mol. The number of carbonyl (C=O) groups excluding carboxylic acids is 1. The Balaban J connectivity index is 1.70. The summed E-state index contributed by atoms with van der Waals surface area (Å²) >= 11 is 3.34. The molecule has 0 saturated heterocycles. The molecular weight excluding hydrogens is 386 g/mol. The first-order valence-corrected chi connectivity index (χ1v) is 11.7. The van der Waals surface area contributed by atoms with E-state index < -0.39 is 0 Å². The molecule has 1 amide bonds. The molecule has 1 heterocycles. The maximum atomic E-state index is 13.1. The molecule has 0 atom stereocenters. The van der Waals surface area contributed by atoms with Crippen molar-refractivity contribution in [1.82, 2.24) is 4.98 Å². The van der Waals surface area contributed by atoms with E-state index in [-0.39, 0.29) is 5.91 Å². The number of benzene rings is 2. The Morgan fingerprint density at radius 1 is 1.07 bits per heavy atom. The van der Waals surface area contributed by atoms with Gasteiger partial charge in [-0.2, -0.15) is 0 Å². The van der Waals surface area contributed by atoms with Gasteiger partial charge in [0.2, 0.25) is 5.91 Å². The molecule has 0 unspecified atom stereocenters. The van der Waals surface area contributed by atoms with E-state index in [0.717, 1.165) is 40.7 Å². The first-order valence-electron chi connectivity index (χ1n) is 9.88. The van der Waals surface area contributed by atoms with Crippen LogP contribution in [-0.2, 0) is 4.79 Å². The Kier molecular flexibility index (Phi) is 7.89. The van der Waals surface area contributed by atoms with Crippen molar-refractivity contribution < 1.29 is 9.69 Å². The van der Waals surface area contributed by atoms with Crippen LogP contribution < -0.4 is 9.80 Å². The van der Waals surface area contributed by atoms with Crippen molar-refractivity contribution >= 4 is 44.4 Å². The standard InChI is InChI=1S/C22H27N3OS2/c1-3-24(4-2)15-16-25(22-23-19-12-8-9-13-20(19)28-22)21(26)14-17-27-18-10-6-5-7-11-18/h5-13H,3-4,14-17H2,1-2H3/p+1. The van der Waals surface area contributed by atoms with Gasteiger partial charge in [0.15, 0.2) is 5.13 Å². The number of fused-ring (bicyclic) bond motifs is 1. The largest absolute Gasteiger partial charge is 0.334 e. The number of aromatic nitrogens is 1. The molecule has 0 aliphatic carbocycles. The van der Waals surface area contributed by atoms with Gasteiger partial charge in [-0.05, 0) is 38.1 Å². The summed E-state index contributed by atoms with van der Waals surface area (Å²) in [5.41, 5.74) is 0.967. The zero-order valence-corrected chi connectivity index (χ0v) is 18.2. The van der Waals surface area contributed by atoms with Crippen LogP contribution in [0.15, 0.2) is 59.5 Å². The van der Waals surface area contributed by atoms with E-state index in [1.54, 1.807) is 23.1 Å². The number of amides is 1. The fraction of sp³-hybridized carbons (Fsp3) is 0.364. The number of nitrogens with zero attached hydrogens (tertiary/aromatic N) is 2. The van der Waals surface area contributed by atoms with E-state index in [1.165, 1.54) is 9.80 Å². The number of anilines is 1. The molecule has 3 rings (SSSR count). The second-order valence-electron chi connectivity index (χ2n) is 6.63. The van der Waals surface area contributed by atoms with E-state index >= 15 is 0 Å². The molecule has 2 aromatic carbocycles. The molecule has 0 radical (unpaired) electrons. The number of para-hydroxylation sites is 1. The summed E-state index contributed by atoms with van der Waals surface area (Å²) in [7, 11) is 0. The first kappa shape index (κ1) is 20.8. The molecule has 3 aromatic rings. The SMILES string of the molecule is CC[NH+](CC)CCN(C(=O)CCSc1ccccc1)c1nc2ccccc2s1. The van der Waals surface area contributed by atoms with Gasteiger partial charge in [0.25, 0.3) is 0 Å². The Morgan fingerprint density at radius 3 is 2.50 bits per heavy atom. The normalized spacial score (nSPS) is 11.2. The predicted octanol–water partition coefficient (Wildman–Crippen LogP) is 3.74. The number of thiazole rings is 1. The fourth-order valence-electron chi connectivity index (χ4n) is 3.08. The predicted molar refractivity (Wildman–Crippen MR) is 121 cm³/mol. The van der Waals surface area contributed by atoms with E-state index in [9.17, 15) is 4.79 Å². The molecule has 0 saturated carbocycles. The topological polar surface area (TPSA) is 37.6 Å². The molecule has 28 heavy (non-hydrogen) atoms. The van der Waals surface area contributed by atoms with E-state index in [2.05, 4.69) is 32.0 Å². The number of hydrogen-bond donors (Lipinski definition) is 1. The molecule has 1 N–H and O–H groups in total.